The molecule has 0 heterocycles. The first kappa shape index (κ1) is 9.78. The van der Waals surface area contributed by atoms with Gasteiger partial charge in [-0.3, -0.25) is 4.79 Å². The van der Waals surface area contributed by atoms with Crippen molar-refractivity contribution in [2.75, 3.05) is 0 Å². The van der Waals surface area contributed by atoms with Crippen molar-refractivity contribution in [2.24, 2.45) is 0 Å². The van der Waals surface area contributed by atoms with Crippen molar-refractivity contribution in [3.8, 4) is 0 Å². The Kier molecular flexibility index (Phi) is 3.50. The third-order valence-corrected chi connectivity index (χ3v) is 2.14. The van der Waals surface area contributed by atoms with Crippen molar-refractivity contribution >= 4 is 6.41 Å². The van der Waals surface area contributed by atoms with Gasteiger partial charge >= 0.3 is 0 Å². The average Bonchev–Trinajstić information content (AvgIpc) is 2.09. The van der Waals surface area contributed by atoms with Gasteiger partial charge in [-0.1, -0.05) is 24.3 Å². The third kappa shape index (κ3) is 2.90. The maximum Gasteiger partial charge on any atom is 0.207 e. The molecule has 0 saturated carbocycles. The number of hydrogen-bond donors (Lipinski definition) is 1. The van der Waals surface area contributed by atoms with Crippen LogP contribution in [-0.2, 0) is 11.2 Å². The van der Waals surface area contributed by atoms with E-state index in [1.807, 2.05) is 19.1 Å². The van der Waals surface area contributed by atoms with Crippen LogP contribution in [0.2, 0.25) is 0 Å². The summed E-state index contributed by atoms with van der Waals surface area (Å²) in [6, 6.07) is 8.44. The van der Waals surface area contributed by atoms with E-state index in [0.29, 0.717) is 0 Å². The lowest BCUT2D eigenvalue weighted by Crippen LogP contribution is -2.26. The van der Waals surface area contributed by atoms with E-state index in [0.717, 1.165) is 12.8 Å². The quantitative estimate of drug-likeness (QED) is 0.696. The fraction of sp³-hybridized carbons (Fsp3) is 0.364. The van der Waals surface area contributed by atoms with Gasteiger partial charge in [0.15, 0.2) is 0 Å². The van der Waals surface area contributed by atoms with Crippen molar-refractivity contribution in [1.82, 2.24) is 5.32 Å². The first-order valence-electron chi connectivity index (χ1n) is 4.48. The molecule has 0 spiro atoms. The second-order valence-electron chi connectivity index (χ2n) is 3.32. The van der Waals surface area contributed by atoms with Gasteiger partial charge in [0.2, 0.25) is 6.41 Å². The molecule has 1 aromatic carbocycles. The van der Waals surface area contributed by atoms with Gasteiger partial charge in [-0.05, 0) is 31.4 Å². The summed E-state index contributed by atoms with van der Waals surface area (Å²) in [6.45, 7) is 4.09. The lowest BCUT2D eigenvalue weighted by Gasteiger charge is -2.11. The molecular weight excluding hydrogens is 162 g/mol. The second-order valence-corrected chi connectivity index (χ2v) is 3.32. The van der Waals surface area contributed by atoms with E-state index >= 15 is 0 Å². The molecular formula is C11H15NO. The lowest BCUT2D eigenvalue weighted by molar-refractivity contribution is -0.110. The number of carbonyl (C=O) groups is 1. The summed E-state index contributed by atoms with van der Waals surface area (Å²) < 4.78 is 0. The molecule has 70 valence electrons. The molecule has 0 saturated heterocycles. The van der Waals surface area contributed by atoms with Crippen LogP contribution in [-0.4, -0.2) is 12.5 Å². The highest BCUT2D eigenvalue weighted by molar-refractivity contribution is 5.46. The Labute approximate surface area is 79.0 Å². The van der Waals surface area contributed by atoms with Gasteiger partial charge in [0.1, 0.15) is 0 Å². The number of rotatable bonds is 4. The molecule has 0 radical (unpaired) electrons. The van der Waals surface area contributed by atoms with Crippen LogP contribution in [0.5, 0.6) is 0 Å². The Morgan fingerprint density at radius 1 is 1.46 bits per heavy atom. The summed E-state index contributed by atoms with van der Waals surface area (Å²) in [6.07, 6.45) is 1.65. The Bertz CT molecular complexity index is 283. The van der Waals surface area contributed by atoms with E-state index < -0.39 is 0 Å². The fourth-order valence-corrected chi connectivity index (χ4v) is 1.34. The summed E-state index contributed by atoms with van der Waals surface area (Å²) in [5.74, 6) is 0. The smallest absolute Gasteiger partial charge is 0.207 e. The monoisotopic (exact) mass is 177 g/mol. The molecule has 0 bridgehead atoms. The minimum Gasteiger partial charge on any atom is -0.356 e. The lowest BCUT2D eigenvalue weighted by atomic mass is 10.0. The molecule has 2 heteroatoms. The number of hydrogen-bond acceptors (Lipinski definition) is 1. The van der Waals surface area contributed by atoms with E-state index in [1.165, 1.54) is 11.1 Å². The Morgan fingerprint density at radius 2 is 2.15 bits per heavy atom. The Hall–Kier alpha value is -1.31. The van der Waals surface area contributed by atoms with Gasteiger partial charge in [0.05, 0.1) is 0 Å². The number of nitrogens with one attached hydrogen (secondary N) is 1. The van der Waals surface area contributed by atoms with E-state index in [9.17, 15) is 4.79 Å². The summed E-state index contributed by atoms with van der Waals surface area (Å²) in [7, 11) is 0. The summed E-state index contributed by atoms with van der Waals surface area (Å²) in [4.78, 5) is 10.2. The zero-order valence-electron chi connectivity index (χ0n) is 8.08. The zero-order chi connectivity index (χ0) is 9.68. The second kappa shape index (κ2) is 4.65. The van der Waals surface area contributed by atoms with Crippen LogP contribution in [0.3, 0.4) is 0 Å². The van der Waals surface area contributed by atoms with Crippen LogP contribution in [0.25, 0.3) is 0 Å². The summed E-state index contributed by atoms with van der Waals surface area (Å²) >= 11 is 0. The molecule has 0 aliphatic rings. The topological polar surface area (TPSA) is 29.1 Å². The first-order chi connectivity index (χ1) is 6.24. The molecule has 1 atom stereocenters. The van der Waals surface area contributed by atoms with Gasteiger partial charge in [0.25, 0.3) is 0 Å². The molecule has 1 amide bonds. The van der Waals surface area contributed by atoms with Gasteiger partial charge in [-0.2, -0.15) is 0 Å². The Balaban J connectivity index is 2.63. The average molecular weight is 177 g/mol. The van der Waals surface area contributed by atoms with Crippen LogP contribution < -0.4 is 5.32 Å². The first-order valence-corrected chi connectivity index (χ1v) is 4.48. The largest absolute Gasteiger partial charge is 0.356 e. The molecule has 2 nitrogen and oxygen atoms in total. The molecule has 0 aliphatic heterocycles. The van der Waals surface area contributed by atoms with Crippen molar-refractivity contribution in [2.45, 2.75) is 26.3 Å². The number of amides is 1. The van der Waals surface area contributed by atoms with Gasteiger partial charge in [-0.15, -0.1) is 0 Å². The van der Waals surface area contributed by atoms with E-state index in [-0.39, 0.29) is 6.04 Å². The maximum atomic E-state index is 10.2. The summed E-state index contributed by atoms with van der Waals surface area (Å²) in [5, 5.41) is 2.74. The fourth-order valence-electron chi connectivity index (χ4n) is 1.34. The normalized spacial score (nSPS) is 12.2. The SMILES string of the molecule is Cc1ccccc1CC(C)NC=O. The molecule has 1 rings (SSSR count). The predicted octanol–water partition coefficient (Wildman–Crippen LogP) is 1.67. The molecule has 13 heavy (non-hydrogen) atoms. The van der Waals surface area contributed by atoms with Crippen molar-refractivity contribution in [1.29, 1.82) is 0 Å². The van der Waals surface area contributed by atoms with Gasteiger partial charge in [-0.25, -0.2) is 0 Å². The standard InChI is InChI=1S/C11H15NO/c1-9-5-3-4-6-11(9)7-10(2)12-8-13/h3-6,8,10H,7H2,1-2H3,(H,12,13). The zero-order valence-corrected chi connectivity index (χ0v) is 8.08. The van der Waals surface area contributed by atoms with E-state index in [4.69, 9.17) is 0 Å². The number of benzene rings is 1. The van der Waals surface area contributed by atoms with Crippen LogP contribution in [0.4, 0.5) is 0 Å². The van der Waals surface area contributed by atoms with Gasteiger partial charge in [0, 0.05) is 6.04 Å². The van der Waals surface area contributed by atoms with Gasteiger partial charge < -0.3 is 5.32 Å². The van der Waals surface area contributed by atoms with E-state index in [2.05, 4.69) is 24.4 Å². The highest BCUT2D eigenvalue weighted by atomic mass is 16.1. The molecule has 1 aromatic rings. The number of carbonyl (C=O) groups excluding carboxylic acids is 1. The molecule has 0 fully saturated rings. The van der Waals surface area contributed by atoms with Crippen LogP contribution in [0.1, 0.15) is 18.1 Å². The maximum absolute atomic E-state index is 10.2. The minimum absolute atomic E-state index is 0.207. The van der Waals surface area contributed by atoms with Crippen molar-refractivity contribution in [3.63, 3.8) is 0 Å². The van der Waals surface area contributed by atoms with Crippen LogP contribution >= 0.6 is 0 Å². The van der Waals surface area contributed by atoms with E-state index in [1.54, 1.807) is 0 Å². The van der Waals surface area contributed by atoms with Crippen LogP contribution in [0.15, 0.2) is 24.3 Å². The minimum atomic E-state index is 0.207. The molecule has 1 N–H and O–H groups in total. The predicted molar refractivity (Wildman–Crippen MR) is 53.5 cm³/mol. The molecule has 0 aromatic heterocycles. The Morgan fingerprint density at radius 3 is 2.77 bits per heavy atom. The van der Waals surface area contributed by atoms with Crippen LogP contribution in [0, 0.1) is 6.92 Å². The summed E-state index contributed by atoms with van der Waals surface area (Å²) in [5.41, 5.74) is 2.58. The third-order valence-electron chi connectivity index (χ3n) is 2.14. The van der Waals surface area contributed by atoms with Crippen molar-refractivity contribution in [3.05, 3.63) is 35.4 Å². The highest BCUT2D eigenvalue weighted by Gasteiger charge is 2.02. The number of aryl methyl sites for hydroxylation is 1. The highest BCUT2D eigenvalue weighted by Crippen LogP contribution is 2.09. The van der Waals surface area contributed by atoms with Crippen molar-refractivity contribution < 1.29 is 4.79 Å². The molecule has 1 unspecified atom stereocenters. The molecule has 0 aliphatic carbocycles.